The van der Waals surface area contributed by atoms with E-state index in [0.717, 1.165) is 0 Å². The summed E-state index contributed by atoms with van der Waals surface area (Å²) in [5.74, 6) is -0.756. The number of anilines is 1. The molecule has 7 heteroatoms. The quantitative estimate of drug-likeness (QED) is 0.616. The van der Waals surface area contributed by atoms with Crippen molar-refractivity contribution >= 4 is 29.5 Å². The van der Waals surface area contributed by atoms with Crippen LogP contribution in [-0.2, 0) is 5.54 Å². The van der Waals surface area contributed by atoms with E-state index in [0.29, 0.717) is 33.8 Å². The summed E-state index contributed by atoms with van der Waals surface area (Å²) in [6.45, 7) is 5.89. The van der Waals surface area contributed by atoms with Crippen LogP contribution in [0.4, 0.5) is 10.1 Å². The van der Waals surface area contributed by atoms with E-state index < -0.39 is 11.4 Å². The summed E-state index contributed by atoms with van der Waals surface area (Å²) >= 11 is 5.93. The van der Waals surface area contributed by atoms with Crippen LogP contribution in [0.2, 0.25) is 5.02 Å². The second-order valence-electron chi connectivity index (χ2n) is 7.30. The summed E-state index contributed by atoms with van der Waals surface area (Å²) in [5.41, 5.74) is 1.91. The molecule has 1 amide bonds. The van der Waals surface area contributed by atoms with Gasteiger partial charge < -0.3 is 5.32 Å². The first kappa shape index (κ1) is 19.8. The lowest BCUT2D eigenvalue weighted by Crippen LogP contribution is -2.24. The molecular formula is C21H19ClFN3O2. The number of hydrogen-bond donors (Lipinski definition) is 1. The van der Waals surface area contributed by atoms with Gasteiger partial charge in [-0.3, -0.25) is 14.3 Å². The van der Waals surface area contributed by atoms with Crippen LogP contribution >= 0.6 is 11.6 Å². The molecule has 0 unspecified atom stereocenters. The highest BCUT2D eigenvalue weighted by atomic mass is 35.5. The van der Waals surface area contributed by atoms with E-state index in [1.807, 2.05) is 20.8 Å². The van der Waals surface area contributed by atoms with Crippen molar-refractivity contribution < 1.29 is 14.0 Å². The zero-order valence-electron chi connectivity index (χ0n) is 15.7. The first-order chi connectivity index (χ1) is 13.2. The highest BCUT2D eigenvalue weighted by Crippen LogP contribution is 2.30. The van der Waals surface area contributed by atoms with E-state index in [2.05, 4.69) is 10.4 Å². The van der Waals surface area contributed by atoms with Gasteiger partial charge in [0.1, 0.15) is 5.82 Å². The molecule has 5 nitrogen and oxygen atoms in total. The Balaban J connectivity index is 2.04. The van der Waals surface area contributed by atoms with Gasteiger partial charge in [0.05, 0.1) is 28.0 Å². The van der Waals surface area contributed by atoms with Crippen LogP contribution < -0.4 is 5.32 Å². The van der Waals surface area contributed by atoms with Crippen molar-refractivity contribution in [2.75, 3.05) is 5.32 Å². The van der Waals surface area contributed by atoms with Crippen molar-refractivity contribution in [1.82, 2.24) is 9.78 Å². The van der Waals surface area contributed by atoms with Crippen LogP contribution in [0.15, 0.2) is 48.7 Å². The van der Waals surface area contributed by atoms with Gasteiger partial charge in [-0.2, -0.15) is 5.10 Å². The maximum atomic E-state index is 13.4. The number of carbonyl (C=O) groups is 2. The molecule has 0 aliphatic heterocycles. The fourth-order valence-corrected chi connectivity index (χ4v) is 2.98. The Morgan fingerprint density at radius 3 is 2.46 bits per heavy atom. The number of nitrogens with zero attached hydrogens (tertiary/aromatic N) is 2. The molecule has 0 aliphatic carbocycles. The fourth-order valence-electron chi connectivity index (χ4n) is 2.82. The number of halogens is 2. The Labute approximate surface area is 167 Å². The number of aromatic nitrogens is 2. The molecule has 0 bridgehead atoms. The number of amides is 1. The predicted octanol–water partition coefficient (Wildman–Crippen LogP) is 5.16. The molecule has 2 aromatic carbocycles. The first-order valence-corrected chi connectivity index (χ1v) is 8.99. The molecular weight excluding hydrogens is 381 g/mol. The minimum atomic E-state index is -0.396. The summed E-state index contributed by atoms with van der Waals surface area (Å²) in [7, 11) is 0. The number of carbonyl (C=O) groups excluding carboxylic acids is 2. The topological polar surface area (TPSA) is 64.0 Å². The minimum Gasteiger partial charge on any atom is -0.322 e. The van der Waals surface area contributed by atoms with Gasteiger partial charge in [0.2, 0.25) is 0 Å². The lowest BCUT2D eigenvalue weighted by Gasteiger charge is -2.23. The molecule has 0 saturated carbocycles. The van der Waals surface area contributed by atoms with Crippen LogP contribution in [0.5, 0.6) is 0 Å². The molecule has 28 heavy (non-hydrogen) atoms. The SMILES string of the molecule is CC(C)(C)n1ncc(C(=O)Nc2ccc(Cl)c(C=O)c2)c1-c1ccc(F)cc1. The van der Waals surface area contributed by atoms with Crippen LogP contribution in [-0.4, -0.2) is 22.0 Å². The third-order valence-corrected chi connectivity index (χ3v) is 4.49. The molecule has 3 aromatic rings. The number of benzene rings is 2. The van der Waals surface area contributed by atoms with Crippen LogP contribution in [0.25, 0.3) is 11.3 Å². The second kappa shape index (κ2) is 7.56. The van der Waals surface area contributed by atoms with Crippen molar-refractivity contribution in [2.24, 2.45) is 0 Å². The third kappa shape index (κ3) is 3.97. The monoisotopic (exact) mass is 399 g/mol. The first-order valence-electron chi connectivity index (χ1n) is 8.61. The maximum Gasteiger partial charge on any atom is 0.259 e. The van der Waals surface area contributed by atoms with E-state index in [9.17, 15) is 14.0 Å². The van der Waals surface area contributed by atoms with Crippen molar-refractivity contribution in [1.29, 1.82) is 0 Å². The van der Waals surface area contributed by atoms with E-state index in [4.69, 9.17) is 11.6 Å². The Morgan fingerprint density at radius 2 is 1.86 bits per heavy atom. The summed E-state index contributed by atoms with van der Waals surface area (Å²) in [6.07, 6.45) is 2.11. The van der Waals surface area contributed by atoms with Crippen LogP contribution in [0.1, 0.15) is 41.5 Å². The van der Waals surface area contributed by atoms with Crippen molar-refractivity contribution in [3.05, 3.63) is 70.6 Å². The minimum absolute atomic E-state index is 0.281. The molecule has 0 atom stereocenters. The fraction of sp³-hybridized carbons (Fsp3) is 0.190. The summed E-state index contributed by atoms with van der Waals surface area (Å²) in [6, 6.07) is 10.5. The highest BCUT2D eigenvalue weighted by Gasteiger charge is 2.25. The number of nitrogens with one attached hydrogen (secondary N) is 1. The molecule has 1 N–H and O–H groups in total. The summed E-state index contributed by atoms with van der Waals surface area (Å²) < 4.78 is 15.1. The van der Waals surface area contributed by atoms with Crippen LogP contribution in [0.3, 0.4) is 0 Å². The zero-order valence-corrected chi connectivity index (χ0v) is 16.4. The van der Waals surface area contributed by atoms with Gasteiger partial charge in [-0.15, -0.1) is 0 Å². The van der Waals surface area contributed by atoms with Gasteiger partial charge in [0, 0.05) is 16.8 Å². The maximum absolute atomic E-state index is 13.4. The Bertz CT molecular complexity index is 1040. The lowest BCUT2D eigenvalue weighted by atomic mass is 10.0. The normalized spacial score (nSPS) is 11.3. The van der Waals surface area contributed by atoms with E-state index in [1.165, 1.54) is 24.4 Å². The Hall–Kier alpha value is -2.99. The van der Waals surface area contributed by atoms with Crippen molar-refractivity contribution in [3.63, 3.8) is 0 Å². The zero-order chi connectivity index (χ0) is 20.5. The molecule has 0 spiro atoms. The van der Waals surface area contributed by atoms with E-state index in [-0.39, 0.29) is 11.4 Å². The van der Waals surface area contributed by atoms with Gasteiger partial charge in [0.25, 0.3) is 5.91 Å². The van der Waals surface area contributed by atoms with Crippen molar-refractivity contribution in [3.8, 4) is 11.3 Å². The molecule has 3 rings (SSSR count). The molecule has 0 aliphatic rings. The van der Waals surface area contributed by atoms with Crippen molar-refractivity contribution in [2.45, 2.75) is 26.3 Å². The van der Waals surface area contributed by atoms with Gasteiger partial charge in [-0.05, 0) is 63.2 Å². The molecule has 1 heterocycles. The van der Waals surface area contributed by atoms with Gasteiger partial charge in [-0.1, -0.05) is 11.6 Å². The summed E-state index contributed by atoms with van der Waals surface area (Å²) in [4.78, 5) is 24.0. The average Bonchev–Trinajstić information content (AvgIpc) is 3.09. The van der Waals surface area contributed by atoms with E-state index in [1.54, 1.807) is 28.9 Å². The average molecular weight is 400 g/mol. The number of hydrogen-bond acceptors (Lipinski definition) is 3. The molecule has 0 fully saturated rings. The van der Waals surface area contributed by atoms with Gasteiger partial charge >= 0.3 is 0 Å². The highest BCUT2D eigenvalue weighted by molar-refractivity contribution is 6.33. The smallest absolute Gasteiger partial charge is 0.259 e. The Kier molecular flexibility index (Phi) is 5.34. The molecule has 0 saturated heterocycles. The predicted molar refractivity (Wildman–Crippen MR) is 107 cm³/mol. The third-order valence-electron chi connectivity index (χ3n) is 4.15. The Morgan fingerprint density at radius 1 is 1.18 bits per heavy atom. The van der Waals surface area contributed by atoms with Gasteiger partial charge in [0.15, 0.2) is 6.29 Å². The molecule has 0 radical (unpaired) electrons. The second-order valence-corrected chi connectivity index (χ2v) is 7.71. The standard InChI is InChI=1S/C21H19ClFN3O2/c1-21(2,3)26-19(13-4-6-15(23)7-5-13)17(11-24-26)20(28)25-16-8-9-18(22)14(10-16)12-27/h4-12H,1-3H3,(H,25,28). The number of aldehydes is 1. The summed E-state index contributed by atoms with van der Waals surface area (Å²) in [5, 5.41) is 7.45. The van der Waals surface area contributed by atoms with Gasteiger partial charge in [-0.25, -0.2) is 4.39 Å². The van der Waals surface area contributed by atoms with E-state index >= 15 is 0 Å². The molecule has 1 aromatic heterocycles. The van der Waals surface area contributed by atoms with Crippen LogP contribution in [0, 0.1) is 5.82 Å². The largest absolute Gasteiger partial charge is 0.322 e. The number of rotatable bonds is 4. The molecule has 144 valence electrons. The lowest BCUT2D eigenvalue weighted by molar-refractivity contribution is 0.102.